The van der Waals surface area contributed by atoms with E-state index in [-0.39, 0.29) is 11.6 Å². The first kappa shape index (κ1) is 23.6. The molecule has 0 spiro atoms. The number of nitrogens with zero attached hydrogens (tertiary/aromatic N) is 4. The van der Waals surface area contributed by atoms with Gasteiger partial charge in [0.25, 0.3) is 5.91 Å². The van der Waals surface area contributed by atoms with E-state index in [0.717, 1.165) is 37.0 Å². The van der Waals surface area contributed by atoms with E-state index in [1.165, 1.54) is 24.5 Å². The molecule has 2 aromatic carbocycles. The lowest BCUT2D eigenvalue weighted by Gasteiger charge is -2.05. The second kappa shape index (κ2) is 11.0. The van der Waals surface area contributed by atoms with Crippen LogP contribution in [0.4, 0.5) is 18.9 Å². The molecule has 1 amide bonds. The smallest absolute Gasteiger partial charge is 0.416 e. The predicted molar refractivity (Wildman–Crippen MR) is 118 cm³/mol. The molecule has 170 valence electrons. The predicted octanol–water partition coefficient (Wildman–Crippen LogP) is 6.75. The van der Waals surface area contributed by atoms with Gasteiger partial charge in [-0.15, -0.1) is 0 Å². The Morgan fingerprint density at radius 3 is 2.48 bits per heavy atom. The molecule has 33 heavy (non-hydrogen) atoms. The van der Waals surface area contributed by atoms with Gasteiger partial charge < -0.3 is 9.73 Å². The van der Waals surface area contributed by atoms with E-state index < -0.39 is 17.6 Å². The van der Waals surface area contributed by atoms with E-state index in [0.29, 0.717) is 17.8 Å². The lowest BCUT2D eigenvalue weighted by molar-refractivity contribution is -0.137. The molecule has 0 saturated heterocycles. The zero-order valence-corrected chi connectivity index (χ0v) is 17.4. The van der Waals surface area contributed by atoms with Crippen LogP contribution in [0.5, 0.6) is 0 Å². The van der Waals surface area contributed by atoms with Crippen LogP contribution in [0.1, 0.15) is 45.9 Å². The van der Waals surface area contributed by atoms with Crippen LogP contribution < -0.4 is 5.32 Å². The van der Waals surface area contributed by atoms with Gasteiger partial charge in [0, 0.05) is 23.2 Å². The van der Waals surface area contributed by atoms with E-state index >= 15 is 0 Å². The topological polar surface area (TPSA) is 104 Å². The first-order chi connectivity index (χ1) is 15.8. The molecular formula is C23H20F3N5O2. The molecule has 0 aliphatic rings. The Kier molecular flexibility index (Phi) is 7.88. The van der Waals surface area contributed by atoms with Crippen molar-refractivity contribution in [3.8, 4) is 0 Å². The molecule has 1 N–H and O–H groups in total. The first-order valence-corrected chi connectivity index (χ1v) is 10.1. The maximum Gasteiger partial charge on any atom is 0.416 e. The highest BCUT2D eigenvalue weighted by Crippen LogP contribution is 2.29. The average molecular weight is 455 g/mol. The number of hydrogen-bond donors (Lipinski definition) is 1. The fourth-order valence-electron chi connectivity index (χ4n) is 2.93. The third-order valence-electron chi connectivity index (χ3n) is 4.66. The summed E-state index contributed by atoms with van der Waals surface area (Å²) in [5.41, 5.74) is 9.83. The van der Waals surface area contributed by atoms with Gasteiger partial charge in [-0.3, -0.25) is 4.79 Å². The molecule has 0 saturated carbocycles. The van der Waals surface area contributed by atoms with Gasteiger partial charge in [-0.05, 0) is 66.3 Å². The minimum Gasteiger partial charge on any atom is -0.444 e. The first-order valence-electron chi connectivity index (χ1n) is 10.1. The number of alkyl halides is 3. The van der Waals surface area contributed by atoms with Crippen LogP contribution in [0.25, 0.3) is 22.6 Å². The number of aryl methyl sites for hydroxylation is 1. The van der Waals surface area contributed by atoms with Gasteiger partial charge in [0.05, 0.1) is 5.56 Å². The lowest BCUT2D eigenvalue weighted by atomic mass is 10.1. The Balaban J connectivity index is 1.53. The zero-order chi connectivity index (χ0) is 23.7. The fourth-order valence-corrected chi connectivity index (χ4v) is 2.93. The summed E-state index contributed by atoms with van der Waals surface area (Å²) in [7, 11) is 0. The van der Waals surface area contributed by atoms with Crippen LogP contribution in [0.2, 0.25) is 0 Å². The quantitative estimate of drug-likeness (QED) is 0.167. The average Bonchev–Trinajstić information content (AvgIpc) is 3.28. The van der Waals surface area contributed by atoms with Crippen LogP contribution in [0, 0.1) is 0 Å². The number of anilines is 1. The minimum atomic E-state index is -4.39. The van der Waals surface area contributed by atoms with Crippen LogP contribution >= 0.6 is 0 Å². The molecule has 1 heterocycles. The molecule has 1 aromatic heterocycles. The maximum atomic E-state index is 12.6. The second-order valence-electron chi connectivity index (χ2n) is 7.09. The molecule has 3 aromatic rings. The van der Waals surface area contributed by atoms with Crippen molar-refractivity contribution in [1.29, 1.82) is 0 Å². The van der Waals surface area contributed by atoms with Crippen LogP contribution in [0.15, 0.2) is 64.3 Å². The van der Waals surface area contributed by atoms with Crippen molar-refractivity contribution in [2.24, 2.45) is 5.11 Å². The lowest BCUT2D eigenvalue weighted by Crippen LogP contribution is -2.12. The molecule has 3 rings (SSSR count). The summed E-state index contributed by atoms with van der Waals surface area (Å²) < 4.78 is 43.1. The number of nitrogens with one attached hydrogen (secondary N) is 1. The SMILES string of the molecule is [N-]=[N+]=NCCCCc1ccc(NC(=O)c2coc(/C=C/c3ccc(C(F)(F)F)cc3)n2)cc1. The number of unbranched alkanes of at least 4 members (excludes halogenated alkanes) is 1. The highest BCUT2D eigenvalue weighted by Gasteiger charge is 2.29. The van der Waals surface area contributed by atoms with Gasteiger partial charge in [-0.2, -0.15) is 13.2 Å². The van der Waals surface area contributed by atoms with Crippen molar-refractivity contribution in [2.75, 3.05) is 11.9 Å². The molecule has 0 unspecified atom stereocenters. The monoisotopic (exact) mass is 455 g/mol. The fraction of sp³-hybridized carbons (Fsp3) is 0.217. The van der Waals surface area contributed by atoms with E-state index in [4.69, 9.17) is 9.95 Å². The molecule has 0 aliphatic heterocycles. The number of oxazole rings is 1. The Bertz CT molecular complexity index is 1150. The highest BCUT2D eigenvalue weighted by molar-refractivity contribution is 6.02. The Morgan fingerprint density at radius 1 is 1.09 bits per heavy atom. The highest BCUT2D eigenvalue weighted by atomic mass is 19.4. The second-order valence-corrected chi connectivity index (χ2v) is 7.09. The third kappa shape index (κ3) is 7.26. The number of rotatable bonds is 9. The molecular weight excluding hydrogens is 435 g/mol. The summed E-state index contributed by atoms with van der Waals surface area (Å²) in [6, 6.07) is 12.0. The van der Waals surface area contributed by atoms with Crippen molar-refractivity contribution in [3.05, 3.63) is 93.5 Å². The number of hydrogen-bond acceptors (Lipinski definition) is 4. The van der Waals surface area contributed by atoms with E-state index in [1.807, 2.05) is 12.1 Å². The van der Waals surface area contributed by atoms with E-state index in [1.54, 1.807) is 18.2 Å². The standard InChI is InChI=1S/C23H20F3N5O2/c24-23(25,26)18-9-4-17(5-10-18)8-13-21-30-20(15-33-21)22(32)29-19-11-6-16(7-12-19)3-1-2-14-28-31-27/h4-13,15H,1-3,14H2,(H,29,32)/b13-8+. The maximum absolute atomic E-state index is 12.6. The summed E-state index contributed by atoms with van der Waals surface area (Å²) in [5.74, 6) is -0.300. The van der Waals surface area contributed by atoms with Crippen molar-refractivity contribution in [2.45, 2.75) is 25.4 Å². The molecule has 10 heteroatoms. The summed E-state index contributed by atoms with van der Waals surface area (Å²) in [6.45, 7) is 0.476. The van der Waals surface area contributed by atoms with Gasteiger partial charge in [-0.1, -0.05) is 29.4 Å². The van der Waals surface area contributed by atoms with E-state index in [2.05, 4.69) is 20.3 Å². The van der Waals surface area contributed by atoms with Crippen molar-refractivity contribution >= 4 is 23.7 Å². The van der Waals surface area contributed by atoms with Crippen LogP contribution in [-0.4, -0.2) is 17.4 Å². The van der Waals surface area contributed by atoms with Crippen LogP contribution in [0.3, 0.4) is 0 Å². The third-order valence-corrected chi connectivity index (χ3v) is 4.66. The summed E-state index contributed by atoms with van der Waals surface area (Å²) in [5, 5.41) is 6.23. The number of amides is 1. The largest absolute Gasteiger partial charge is 0.444 e. The van der Waals surface area contributed by atoms with Gasteiger partial charge in [0.1, 0.15) is 6.26 Å². The Morgan fingerprint density at radius 2 is 1.82 bits per heavy atom. The number of benzene rings is 2. The number of azide groups is 1. The molecule has 0 fully saturated rings. The number of carbonyl (C=O) groups is 1. The molecule has 0 aliphatic carbocycles. The summed E-state index contributed by atoms with van der Waals surface area (Å²) >= 11 is 0. The molecule has 0 radical (unpaired) electrons. The van der Waals surface area contributed by atoms with Crippen LogP contribution in [-0.2, 0) is 12.6 Å². The Hall–Kier alpha value is -4.04. The number of carbonyl (C=O) groups excluding carboxylic acids is 1. The Labute approximate surface area is 187 Å². The van der Waals surface area contributed by atoms with Crippen molar-refractivity contribution < 1.29 is 22.4 Å². The summed E-state index contributed by atoms with van der Waals surface area (Å²) in [4.78, 5) is 19.2. The molecule has 7 nitrogen and oxygen atoms in total. The van der Waals surface area contributed by atoms with Gasteiger partial charge in [-0.25, -0.2) is 4.98 Å². The molecule has 0 bridgehead atoms. The normalized spacial score (nSPS) is 11.4. The number of halogens is 3. The molecule has 0 atom stereocenters. The van der Waals surface area contributed by atoms with Gasteiger partial charge in [0.15, 0.2) is 5.69 Å². The van der Waals surface area contributed by atoms with Crippen molar-refractivity contribution in [1.82, 2.24) is 4.98 Å². The summed E-state index contributed by atoms with van der Waals surface area (Å²) in [6.07, 6.45) is 2.38. The minimum absolute atomic E-state index is 0.0733. The van der Waals surface area contributed by atoms with Crippen molar-refractivity contribution in [3.63, 3.8) is 0 Å². The zero-order valence-electron chi connectivity index (χ0n) is 17.4. The van der Waals surface area contributed by atoms with Gasteiger partial charge in [0.2, 0.25) is 5.89 Å². The van der Waals surface area contributed by atoms with E-state index in [9.17, 15) is 18.0 Å². The van der Waals surface area contributed by atoms with Gasteiger partial charge >= 0.3 is 6.18 Å². The number of aromatic nitrogens is 1.